The fourth-order valence-electron chi connectivity index (χ4n) is 2.90. The van der Waals surface area contributed by atoms with Crippen molar-refractivity contribution >= 4 is 0 Å². The Labute approximate surface area is 120 Å². The van der Waals surface area contributed by atoms with Gasteiger partial charge in [-0.3, -0.25) is 0 Å². The minimum Gasteiger partial charge on any atom is -0.480 e. The average Bonchev–Trinajstić information content (AvgIpc) is 2.52. The zero-order valence-electron chi connectivity index (χ0n) is 12.5. The molecule has 0 aromatic carbocycles. The van der Waals surface area contributed by atoms with Gasteiger partial charge in [-0.1, -0.05) is 32.1 Å². The van der Waals surface area contributed by atoms with Crippen LogP contribution in [-0.4, -0.2) is 24.2 Å². The number of aromatic nitrogens is 2. The second kappa shape index (κ2) is 7.43. The summed E-state index contributed by atoms with van der Waals surface area (Å²) in [5.41, 5.74) is 6.98. The fourth-order valence-corrected chi connectivity index (χ4v) is 2.90. The molecule has 5 heteroatoms. The van der Waals surface area contributed by atoms with Gasteiger partial charge in [0.05, 0.1) is 26.5 Å². The highest BCUT2D eigenvalue weighted by Crippen LogP contribution is 2.31. The first-order valence-electron chi connectivity index (χ1n) is 7.45. The van der Waals surface area contributed by atoms with E-state index < -0.39 is 0 Å². The van der Waals surface area contributed by atoms with Crippen molar-refractivity contribution in [1.29, 1.82) is 0 Å². The lowest BCUT2D eigenvalue weighted by molar-refractivity contribution is 0.317. The lowest BCUT2D eigenvalue weighted by Crippen LogP contribution is -2.17. The lowest BCUT2D eigenvalue weighted by atomic mass is 9.85. The molecule has 1 aliphatic rings. The second-order valence-corrected chi connectivity index (χ2v) is 5.49. The largest absolute Gasteiger partial charge is 0.480 e. The Morgan fingerprint density at radius 1 is 1.25 bits per heavy atom. The third kappa shape index (κ3) is 3.82. The summed E-state index contributed by atoms with van der Waals surface area (Å²) in [4.78, 5) is 8.59. The number of methoxy groups -OCH3 is 2. The van der Waals surface area contributed by atoms with Crippen molar-refractivity contribution in [2.45, 2.75) is 51.0 Å². The fraction of sp³-hybridized carbons (Fsp3) is 0.733. The van der Waals surface area contributed by atoms with Crippen LogP contribution in [0.2, 0.25) is 0 Å². The van der Waals surface area contributed by atoms with E-state index in [4.69, 9.17) is 15.2 Å². The molecule has 1 heterocycles. The third-order valence-corrected chi connectivity index (χ3v) is 4.11. The summed E-state index contributed by atoms with van der Waals surface area (Å²) in [6.45, 7) is 0. The quantitative estimate of drug-likeness (QED) is 0.867. The van der Waals surface area contributed by atoms with E-state index in [9.17, 15) is 0 Å². The van der Waals surface area contributed by atoms with E-state index in [0.29, 0.717) is 11.8 Å². The number of hydrogen-bond acceptors (Lipinski definition) is 5. The molecule has 112 valence electrons. The van der Waals surface area contributed by atoms with Gasteiger partial charge in [-0.15, -0.1) is 0 Å². The molecular formula is C15H25N3O2. The maximum atomic E-state index is 6.26. The van der Waals surface area contributed by atoms with Crippen LogP contribution in [0.5, 0.6) is 11.8 Å². The normalized spacial score (nSPS) is 17.8. The molecule has 1 aromatic heterocycles. The van der Waals surface area contributed by atoms with Gasteiger partial charge in [0.1, 0.15) is 5.69 Å². The van der Waals surface area contributed by atoms with Crippen LogP contribution in [0.25, 0.3) is 0 Å². The predicted octanol–water partition coefficient (Wildman–Crippen LogP) is 2.85. The Bertz CT molecular complexity index is 420. The highest BCUT2D eigenvalue weighted by atomic mass is 16.5. The van der Waals surface area contributed by atoms with Crippen molar-refractivity contribution < 1.29 is 9.47 Å². The number of nitrogens with two attached hydrogens (primary N) is 1. The number of rotatable bonds is 6. The molecule has 0 aliphatic heterocycles. The van der Waals surface area contributed by atoms with Crippen LogP contribution in [0.3, 0.4) is 0 Å². The monoisotopic (exact) mass is 279 g/mol. The molecule has 0 spiro atoms. The maximum Gasteiger partial charge on any atom is 0.240 e. The van der Waals surface area contributed by atoms with E-state index in [1.165, 1.54) is 32.1 Å². The van der Waals surface area contributed by atoms with E-state index in [2.05, 4.69) is 9.97 Å². The van der Waals surface area contributed by atoms with E-state index in [0.717, 1.165) is 24.5 Å². The van der Waals surface area contributed by atoms with Gasteiger partial charge in [0.2, 0.25) is 11.8 Å². The molecule has 20 heavy (non-hydrogen) atoms. The summed E-state index contributed by atoms with van der Waals surface area (Å²) in [7, 11) is 3.15. The van der Waals surface area contributed by atoms with Crippen molar-refractivity contribution in [1.82, 2.24) is 9.97 Å². The van der Waals surface area contributed by atoms with Crippen LogP contribution in [0.4, 0.5) is 0 Å². The molecule has 1 aliphatic carbocycles. The predicted molar refractivity (Wildman–Crippen MR) is 77.9 cm³/mol. The van der Waals surface area contributed by atoms with Crippen LogP contribution in [0, 0.1) is 5.92 Å². The molecule has 2 rings (SSSR count). The molecule has 0 amide bonds. The second-order valence-electron chi connectivity index (χ2n) is 5.49. The molecule has 5 nitrogen and oxygen atoms in total. The minimum atomic E-state index is -0.120. The van der Waals surface area contributed by atoms with Crippen molar-refractivity contribution in [2.24, 2.45) is 11.7 Å². The molecule has 1 atom stereocenters. The first-order chi connectivity index (χ1) is 9.74. The zero-order chi connectivity index (χ0) is 14.4. The lowest BCUT2D eigenvalue weighted by Gasteiger charge is -2.23. The molecule has 1 aromatic rings. The highest BCUT2D eigenvalue weighted by Gasteiger charge is 2.19. The first kappa shape index (κ1) is 15.0. The SMILES string of the molecule is COc1cnc(C(N)CCC2CCCCC2)c(OC)n1. The summed E-state index contributed by atoms with van der Waals surface area (Å²) in [5.74, 6) is 1.75. The molecule has 0 saturated heterocycles. The number of nitrogens with zero attached hydrogens (tertiary/aromatic N) is 2. The van der Waals surface area contributed by atoms with Crippen molar-refractivity contribution in [3.8, 4) is 11.8 Å². The summed E-state index contributed by atoms with van der Waals surface area (Å²) >= 11 is 0. The summed E-state index contributed by atoms with van der Waals surface area (Å²) in [6, 6.07) is -0.120. The standard InChI is InChI=1S/C15H25N3O2/c1-19-13-10-17-14(15(18-13)20-2)12(16)9-8-11-6-4-3-5-7-11/h10-12H,3-9,16H2,1-2H3. The molecule has 1 fully saturated rings. The summed E-state index contributed by atoms with van der Waals surface area (Å²) < 4.78 is 10.3. The Kier molecular flexibility index (Phi) is 5.59. The van der Waals surface area contributed by atoms with Crippen LogP contribution in [0.15, 0.2) is 6.20 Å². The number of hydrogen-bond donors (Lipinski definition) is 1. The molecule has 0 radical (unpaired) electrons. The molecule has 0 bridgehead atoms. The molecule has 1 saturated carbocycles. The Balaban J connectivity index is 1.95. The average molecular weight is 279 g/mol. The number of ether oxygens (including phenoxy) is 2. The van der Waals surface area contributed by atoms with Crippen LogP contribution in [-0.2, 0) is 0 Å². The molecule has 2 N–H and O–H groups in total. The van der Waals surface area contributed by atoms with Gasteiger partial charge in [-0.25, -0.2) is 4.98 Å². The van der Waals surface area contributed by atoms with Gasteiger partial charge in [0.25, 0.3) is 0 Å². The smallest absolute Gasteiger partial charge is 0.240 e. The Morgan fingerprint density at radius 2 is 2.00 bits per heavy atom. The van der Waals surface area contributed by atoms with Gasteiger partial charge < -0.3 is 15.2 Å². The van der Waals surface area contributed by atoms with Gasteiger partial charge in [-0.05, 0) is 18.8 Å². The van der Waals surface area contributed by atoms with Crippen molar-refractivity contribution in [3.63, 3.8) is 0 Å². The Morgan fingerprint density at radius 3 is 2.65 bits per heavy atom. The topological polar surface area (TPSA) is 70.3 Å². The van der Waals surface area contributed by atoms with E-state index in [-0.39, 0.29) is 6.04 Å². The first-order valence-corrected chi connectivity index (χ1v) is 7.45. The van der Waals surface area contributed by atoms with Gasteiger partial charge in [0.15, 0.2) is 0 Å². The van der Waals surface area contributed by atoms with Crippen molar-refractivity contribution in [2.75, 3.05) is 14.2 Å². The van der Waals surface area contributed by atoms with E-state index >= 15 is 0 Å². The van der Waals surface area contributed by atoms with E-state index in [1.54, 1.807) is 20.4 Å². The third-order valence-electron chi connectivity index (χ3n) is 4.11. The maximum absolute atomic E-state index is 6.26. The van der Waals surface area contributed by atoms with E-state index in [1.807, 2.05) is 0 Å². The Hall–Kier alpha value is -1.36. The van der Waals surface area contributed by atoms with Gasteiger partial charge in [-0.2, -0.15) is 4.98 Å². The van der Waals surface area contributed by atoms with Crippen LogP contribution < -0.4 is 15.2 Å². The minimum absolute atomic E-state index is 0.120. The molecule has 1 unspecified atom stereocenters. The molecular weight excluding hydrogens is 254 g/mol. The summed E-state index contributed by atoms with van der Waals surface area (Å²) in [5, 5.41) is 0. The summed E-state index contributed by atoms with van der Waals surface area (Å²) in [6.07, 6.45) is 10.5. The van der Waals surface area contributed by atoms with Crippen molar-refractivity contribution in [3.05, 3.63) is 11.9 Å². The van der Waals surface area contributed by atoms with Crippen LogP contribution >= 0.6 is 0 Å². The van der Waals surface area contributed by atoms with Gasteiger partial charge in [0, 0.05) is 0 Å². The van der Waals surface area contributed by atoms with Gasteiger partial charge >= 0.3 is 0 Å². The highest BCUT2D eigenvalue weighted by molar-refractivity contribution is 5.25. The van der Waals surface area contributed by atoms with Crippen LogP contribution in [0.1, 0.15) is 56.7 Å². The zero-order valence-corrected chi connectivity index (χ0v) is 12.5.